The lowest BCUT2D eigenvalue weighted by atomic mass is 10.1. The Kier molecular flexibility index (Phi) is 5.03. The van der Waals surface area contributed by atoms with E-state index in [1.165, 1.54) is 6.07 Å². The molecule has 0 spiro atoms. The smallest absolute Gasteiger partial charge is 0.295 e. The third-order valence-corrected chi connectivity index (χ3v) is 3.23. The Morgan fingerprint density at radius 1 is 1.56 bits per heavy atom. The number of nitrogens with one attached hydrogen (secondary N) is 1. The lowest BCUT2D eigenvalue weighted by molar-refractivity contribution is -0.384. The minimum Gasteiger partial charge on any atom is -0.378 e. The van der Waals surface area contributed by atoms with Crippen molar-refractivity contribution in [2.75, 3.05) is 11.9 Å². The van der Waals surface area contributed by atoms with Crippen molar-refractivity contribution in [2.45, 2.75) is 19.9 Å². The second-order valence-corrected chi connectivity index (χ2v) is 5.18. The summed E-state index contributed by atoms with van der Waals surface area (Å²) in [6, 6.07) is 2.10. The molecule has 3 N–H and O–H groups in total. The maximum Gasteiger partial charge on any atom is 0.295 e. The molecule has 1 aromatic rings. The summed E-state index contributed by atoms with van der Waals surface area (Å²) in [5.41, 5.74) is 5.79. The van der Waals surface area contributed by atoms with Crippen LogP contribution in [0, 0.1) is 21.8 Å². The van der Waals surface area contributed by atoms with Crippen molar-refractivity contribution in [3.05, 3.63) is 32.5 Å². The predicted octanol–water partition coefficient (Wildman–Crippen LogP) is 2.89. The van der Waals surface area contributed by atoms with E-state index in [2.05, 4.69) is 21.2 Å². The average molecular weight is 320 g/mol. The highest BCUT2D eigenvalue weighted by Gasteiger charge is 2.18. The molecule has 0 radical (unpaired) electrons. The molecule has 1 unspecified atom stereocenters. The summed E-state index contributed by atoms with van der Waals surface area (Å²) in [5.74, 6) is -0.416. The molecule has 0 fully saturated rings. The van der Waals surface area contributed by atoms with Gasteiger partial charge in [0.1, 0.15) is 11.5 Å². The second kappa shape index (κ2) is 6.10. The van der Waals surface area contributed by atoms with Gasteiger partial charge in [-0.05, 0) is 27.9 Å². The normalized spacial score (nSPS) is 12.6. The van der Waals surface area contributed by atoms with E-state index in [-0.39, 0.29) is 27.8 Å². The number of hydrogen-bond donors (Lipinski definition) is 2. The third-order valence-electron chi connectivity index (χ3n) is 2.62. The van der Waals surface area contributed by atoms with Crippen molar-refractivity contribution in [1.29, 1.82) is 0 Å². The summed E-state index contributed by atoms with van der Waals surface area (Å²) in [6.07, 6.45) is 0. The first-order valence-corrected chi connectivity index (χ1v) is 6.25. The molecule has 1 aromatic carbocycles. The molecule has 0 bridgehead atoms. The van der Waals surface area contributed by atoms with Crippen LogP contribution >= 0.6 is 15.9 Å². The van der Waals surface area contributed by atoms with Crippen molar-refractivity contribution >= 4 is 27.3 Å². The van der Waals surface area contributed by atoms with Crippen LogP contribution in [0.4, 0.5) is 15.8 Å². The molecule has 100 valence electrons. The molecular weight excluding hydrogens is 305 g/mol. The molecule has 0 amide bonds. The van der Waals surface area contributed by atoms with Crippen molar-refractivity contribution in [3.8, 4) is 0 Å². The Morgan fingerprint density at radius 2 is 2.17 bits per heavy atom. The van der Waals surface area contributed by atoms with Gasteiger partial charge in [0, 0.05) is 12.6 Å². The van der Waals surface area contributed by atoms with Crippen molar-refractivity contribution in [3.63, 3.8) is 0 Å². The minimum atomic E-state index is -0.666. The number of nitro groups is 1. The zero-order valence-electron chi connectivity index (χ0n) is 10.1. The lowest BCUT2D eigenvalue weighted by Crippen LogP contribution is -2.34. The van der Waals surface area contributed by atoms with E-state index in [0.717, 1.165) is 6.07 Å². The monoisotopic (exact) mass is 319 g/mol. The number of nitrogens with two attached hydrogens (primary N) is 1. The SMILES string of the molecule is CC(C)C(N)CNc1cc(Br)c(F)cc1[N+](=O)[O-]. The van der Waals surface area contributed by atoms with Crippen molar-refractivity contribution in [2.24, 2.45) is 11.7 Å². The summed E-state index contributed by atoms with van der Waals surface area (Å²) >= 11 is 3.00. The van der Waals surface area contributed by atoms with Crippen LogP contribution in [0.1, 0.15) is 13.8 Å². The highest BCUT2D eigenvalue weighted by Crippen LogP contribution is 2.30. The molecule has 0 saturated heterocycles. The number of benzene rings is 1. The molecular formula is C11H15BrFN3O2. The molecule has 5 nitrogen and oxygen atoms in total. The van der Waals surface area contributed by atoms with Gasteiger partial charge in [0.2, 0.25) is 0 Å². The molecule has 1 atom stereocenters. The zero-order chi connectivity index (χ0) is 13.9. The number of anilines is 1. The van der Waals surface area contributed by atoms with E-state index >= 15 is 0 Å². The van der Waals surface area contributed by atoms with Gasteiger partial charge in [-0.15, -0.1) is 0 Å². The van der Waals surface area contributed by atoms with E-state index in [0.29, 0.717) is 6.54 Å². The summed E-state index contributed by atoms with van der Waals surface area (Å²) in [5, 5.41) is 13.7. The lowest BCUT2D eigenvalue weighted by Gasteiger charge is -2.17. The van der Waals surface area contributed by atoms with E-state index in [9.17, 15) is 14.5 Å². The maximum atomic E-state index is 13.2. The van der Waals surface area contributed by atoms with Crippen LogP contribution in [0.2, 0.25) is 0 Å². The fourth-order valence-electron chi connectivity index (χ4n) is 1.29. The van der Waals surface area contributed by atoms with Gasteiger partial charge in [0.15, 0.2) is 0 Å². The number of nitrogens with zero attached hydrogens (tertiary/aromatic N) is 1. The predicted molar refractivity (Wildman–Crippen MR) is 72.1 cm³/mol. The summed E-state index contributed by atoms with van der Waals surface area (Å²) in [4.78, 5) is 10.2. The van der Waals surface area contributed by atoms with Crippen LogP contribution in [0.3, 0.4) is 0 Å². The summed E-state index contributed by atoms with van der Waals surface area (Å²) in [7, 11) is 0. The molecule has 0 saturated carbocycles. The maximum absolute atomic E-state index is 13.2. The van der Waals surface area contributed by atoms with Crippen LogP contribution in [0.25, 0.3) is 0 Å². The van der Waals surface area contributed by atoms with Crippen LogP contribution in [-0.4, -0.2) is 17.5 Å². The second-order valence-electron chi connectivity index (χ2n) is 4.33. The number of halogens is 2. The van der Waals surface area contributed by atoms with Crippen LogP contribution in [0.5, 0.6) is 0 Å². The molecule has 0 heterocycles. The fourth-order valence-corrected chi connectivity index (χ4v) is 1.64. The van der Waals surface area contributed by atoms with Gasteiger partial charge in [-0.25, -0.2) is 4.39 Å². The van der Waals surface area contributed by atoms with Crippen LogP contribution in [0.15, 0.2) is 16.6 Å². The first-order valence-electron chi connectivity index (χ1n) is 5.45. The number of rotatable bonds is 5. The van der Waals surface area contributed by atoms with E-state index in [4.69, 9.17) is 5.73 Å². The van der Waals surface area contributed by atoms with Gasteiger partial charge < -0.3 is 11.1 Å². The third kappa shape index (κ3) is 3.64. The standard InChI is InChI=1S/C11H15BrFN3O2/c1-6(2)9(14)5-15-10-3-7(12)8(13)4-11(10)16(17)18/h3-4,6,9,15H,5,14H2,1-2H3. The molecule has 1 rings (SSSR count). The fraction of sp³-hybridized carbons (Fsp3) is 0.455. The highest BCUT2D eigenvalue weighted by atomic mass is 79.9. The molecule has 0 aliphatic heterocycles. The molecule has 18 heavy (non-hydrogen) atoms. The Balaban J connectivity index is 2.93. The average Bonchev–Trinajstić information content (AvgIpc) is 2.29. The van der Waals surface area contributed by atoms with Gasteiger partial charge in [0.05, 0.1) is 15.5 Å². The molecule has 0 aliphatic rings. The van der Waals surface area contributed by atoms with E-state index in [1.54, 1.807) is 0 Å². The molecule has 0 aliphatic carbocycles. The van der Waals surface area contributed by atoms with Gasteiger partial charge in [-0.2, -0.15) is 0 Å². The zero-order valence-corrected chi connectivity index (χ0v) is 11.7. The Morgan fingerprint density at radius 3 is 2.67 bits per heavy atom. The van der Waals surface area contributed by atoms with Crippen LogP contribution < -0.4 is 11.1 Å². The molecule has 0 aromatic heterocycles. The first-order chi connectivity index (χ1) is 8.32. The van der Waals surface area contributed by atoms with Crippen molar-refractivity contribution in [1.82, 2.24) is 0 Å². The van der Waals surface area contributed by atoms with Crippen molar-refractivity contribution < 1.29 is 9.31 Å². The van der Waals surface area contributed by atoms with E-state index < -0.39 is 10.7 Å². The minimum absolute atomic E-state index is 0.131. The number of nitro benzene ring substituents is 1. The van der Waals surface area contributed by atoms with E-state index in [1.807, 2.05) is 13.8 Å². The van der Waals surface area contributed by atoms with Gasteiger partial charge >= 0.3 is 0 Å². The summed E-state index contributed by atoms with van der Waals surface area (Å²) < 4.78 is 13.4. The Labute approximate surface area is 113 Å². The summed E-state index contributed by atoms with van der Waals surface area (Å²) in [6.45, 7) is 4.30. The van der Waals surface area contributed by atoms with Gasteiger partial charge in [0.25, 0.3) is 5.69 Å². The molecule has 7 heteroatoms. The first kappa shape index (κ1) is 14.8. The van der Waals surface area contributed by atoms with Gasteiger partial charge in [-0.1, -0.05) is 13.8 Å². The quantitative estimate of drug-likeness (QED) is 0.646. The van der Waals surface area contributed by atoms with Crippen LogP contribution in [-0.2, 0) is 0 Å². The largest absolute Gasteiger partial charge is 0.378 e. The topological polar surface area (TPSA) is 81.2 Å². The van der Waals surface area contributed by atoms with Gasteiger partial charge in [-0.3, -0.25) is 10.1 Å². The Bertz CT molecular complexity index is 454. The highest BCUT2D eigenvalue weighted by molar-refractivity contribution is 9.10. The Hall–Kier alpha value is -1.21. The number of hydrogen-bond acceptors (Lipinski definition) is 4.